The molecule has 0 saturated carbocycles. The summed E-state index contributed by atoms with van der Waals surface area (Å²) in [6.45, 7) is 3.44. The Kier molecular flexibility index (Phi) is 5.80. The minimum Gasteiger partial charge on any atom is -0.194 e. The molecule has 2 aromatic rings. The average molecular weight is 474 g/mol. The highest BCUT2D eigenvalue weighted by atomic mass is 31.1. The summed E-state index contributed by atoms with van der Waals surface area (Å²) in [6, 6.07) is 16.0. The van der Waals surface area contributed by atoms with Crippen molar-refractivity contribution in [3.8, 4) is 0 Å². The Balaban J connectivity index is 2.07. The molecule has 3 atom stereocenters. The maximum absolute atomic E-state index is 15.4. The van der Waals surface area contributed by atoms with Crippen LogP contribution in [0.1, 0.15) is 26.7 Å². The van der Waals surface area contributed by atoms with Gasteiger partial charge in [-0.25, -0.2) is 0 Å². The molecular formula is C23H22F6P2. The summed E-state index contributed by atoms with van der Waals surface area (Å²) in [4.78, 5) is 0. The molecule has 2 aliphatic rings. The van der Waals surface area contributed by atoms with Crippen molar-refractivity contribution in [3.05, 3.63) is 71.3 Å². The van der Waals surface area contributed by atoms with Gasteiger partial charge >= 0.3 is 17.8 Å². The zero-order valence-corrected chi connectivity index (χ0v) is 18.8. The smallest absolute Gasteiger partial charge is 0.194 e. The van der Waals surface area contributed by atoms with Gasteiger partial charge in [-0.15, -0.1) is 0 Å². The van der Waals surface area contributed by atoms with Crippen LogP contribution < -0.4 is 10.6 Å². The molecule has 0 N–H and O–H groups in total. The third kappa shape index (κ3) is 3.37. The maximum Gasteiger partial charge on any atom is 0.380 e. The average Bonchev–Trinajstić information content (AvgIpc) is 3.10. The van der Waals surface area contributed by atoms with Crippen molar-refractivity contribution in [2.24, 2.45) is 0 Å². The lowest BCUT2D eigenvalue weighted by Gasteiger charge is -2.30. The van der Waals surface area contributed by atoms with E-state index in [0.717, 1.165) is 0 Å². The molecule has 0 radical (unpaired) electrons. The molecule has 1 aliphatic carbocycles. The molecule has 1 aliphatic heterocycles. The third-order valence-electron chi connectivity index (χ3n) is 6.07. The summed E-state index contributed by atoms with van der Waals surface area (Å²) in [7, 11) is -4.10. The van der Waals surface area contributed by atoms with E-state index in [4.69, 9.17) is 0 Å². The fourth-order valence-electron chi connectivity index (χ4n) is 4.52. The van der Waals surface area contributed by atoms with E-state index in [1.807, 2.05) is 0 Å². The van der Waals surface area contributed by atoms with E-state index in [2.05, 4.69) is 0 Å². The molecule has 1 saturated heterocycles. The molecule has 0 aromatic heterocycles. The Morgan fingerprint density at radius 1 is 0.710 bits per heavy atom. The van der Waals surface area contributed by atoms with Gasteiger partial charge in [0.2, 0.25) is 0 Å². The van der Waals surface area contributed by atoms with Gasteiger partial charge < -0.3 is 0 Å². The standard InChI is InChI=1S/C23H22F6P2/c1-15-13-14-16(2)30(15)19-20(22(26,27)23(28,29)21(19,24)25)31(17-9-5-3-6-10-17)18-11-7-4-8-12-18/h3-12,15-16H,13-14H2,1-2H3/t15-,16?,30?/m1/s1. The van der Waals surface area contributed by atoms with Gasteiger partial charge in [0.25, 0.3) is 0 Å². The van der Waals surface area contributed by atoms with Crippen molar-refractivity contribution in [1.82, 2.24) is 0 Å². The van der Waals surface area contributed by atoms with Crippen molar-refractivity contribution in [1.29, 1.82) is 0 Å². The number of benzene rings is 2. The zero-order chi connectivity index (χ0) is 22.6. The van der Waals surface area contributed by atoms with Crippen LogP contribution in [0.25, 0.3) is 0 Å². The van der Waals surface area contributed by atoms with E-state index in [1.54, 1.807) is 74.5 Å². The number of rotatable bonds is 4. The first kappa shape index (κ1) is 22.8. The number of alkyl halides is 6. The van der Waals surface area contributed by atoms with E-state index in [1.165, 1.54) is 0 Å². The second-order valence-electron chi connectivity index (χ2n) is 8.11. The summed E-state index contributed by atoms with van der Waals surface area (Å²) in [5.74, 6) is -15.3. The molecule has 2 unspecified atom stereocenters. The number of hydrogen-bond acceptors (Lipinski definition) is 0. The molecule has 2 aromatic carbocycles. The normalized spacial score (nSPS) is 29.0. The quantitative estimate of drug-likeness (QED) is 0.322. The van der Waals surface area contributed by atoms with E-state index in [0.29, 0.717) is 23.5 Å². The Labute approximate surface area is 180 Å². The molecule has 4 rings (SSSR count). The topological polar surface area (TPSA) is 0 Å². The van der Waals surface area contributed by atoms with Crippen LogP contribution in [-0.4, -0.2) is 29.1 Å². The maximum atomic E-state index is 15.4. The third-order valence-corrected chi connectivity index (χ3v) is 12.3. The molecule has 1 heterocycles. The molecule has 0 nitrogen and oxygen atoms in total. The van der Waals surface area contributed by atoms with Crippen LogP contribution in [0.5, 0.6) is 0 Å². The molecule has 0 spiro atoms. The van der Waals surface area contributed by atoms with Gasteiger partial charge in [0.1, 0.15) is 0 Å². The summed E-state index contributed by atoms with van der Waals surface area (Å²) in [5, 5.41) is -1.28. The van der Waals surface area contributed by atoms with Crippen molar-refractivity contribution < 1.29 is 26.3 Å². The number of halogens is 6. The second-order valence-corrected chi connectivity index (χ2v) is 13.3. The Bertz CT molecular complexity index is 925. The lowest BCUT2D eigenvalue weighted by atomic mass is 10.2. The largest absolute Gasteiger partial charge is 0.380 e. The lowest BCUT2D eigenvalue weighted by Crippen LogP contribution is -2.49. The van der Waals surface area contributed by atoms with Gasteiger partial charge in [-0.2, -0.15) is 26.3 Å². The van der Waals surface area contributed by atoms with Gasteiger partial charge in [-0.1, -0.05) is 82.4 Å². The number of hydrogen-bond donors (Lipinski definition) is 0. The van der Waals surface area contributed by atoms with Crippen molar-refractivity contribution in [2.75, 3.05) is 0 Å². The molecule has 8 heteroatoms. The van der Waals surface area contributed by atoms with Crippen molar-refractivity contribution in [3.63, 3.8) is 0 Å². The first-order valence-corrected chi connectivity index (χ1v) is 12.9. The van der Waals surface area contributed by atoms with Gasteiger partial charge in [-0.3, -0.25) is 0 Å². The molecule has 1 fully saturated rings. The van der Waals surface area contributed by atoms with Crippen LogP contribution in [0.2, 0.25) is 0 Å². The highest BCUT2D eigenvalue weighted by Crippen LogP contribution is 2.77. The van der Waals surface area contributed by atoms with Gasteiger partial charge in [0, 0.05) is 10.6 Å². The minimum atomic E-state index is -5.46. The monoisotopic (exact) mass is 474 g/mol. The van der Waals surface area contributed by atoms with E-state index < -0.39 is 44.2 Å². The lowest BCUT2D eigenvalue weighted by molar-refractivity contribution is -0.261. The van der Waals surface area contributed by atoms with Gasteiger partial charge in [0.15, 0.2) is 0 Å². The van der Waals surface area contributed by atoms with Crippen LogP contribution in [0.3, 0.4) is 0 Å². The highest BCUT2D eigenvalue weighted by Gasteiger charge is 2.81. The number of allylic oxidation sites excluding steroid dienone is 2. The van der Waals surface area contributed by atoms with Crippen molar-refractivity contribution >= 4 is 26.5 Å². The summed E-state index contributed by atoms with van der Waals surface area (Å²) >= 11 is 0. The fourth-order valence-corrected chi connectivity index (χ4v) is 11.1. The summed E-state index contributed by atoms with van der Waals surface area (Å²) < 4.78 is 90.9. The summed E-state index contributed by atoms with van der Waals surface area (Å²) in [5.41, 5.74) is -0.622. The molecule has 166 valence electrons. The van der Waals surface area contributed by atoms with Crippen LogP contribution in [0, 0.1) is 0 Å². The SMILES string of the molecule is CC1CC[C@@H](C)P1C1=C(P(c2ccccc2)c2ccccc2)C(F)(F)C(F)(F)C1(F)F. The first-order valence-electron chi connectivity index (χ1n) is 10.1. The molecular weight excluding hydrogens is 452 g/mol. The van der Waals surface area contributed by atoms with Gasteiger partial charge in [0.05, 0.1) is 0 Å². The van der Waals surface area contributed by atoms with Crippen LogP contribution in [0.4, 0.5) is 26.3 Å². The summed E-state index contributed by atoms with van der Waals surface area (Å²) in [6.07, 6.45) is 1.15. The van der Waals surface area contributed by atoms with E-state index >= 15 is 17.6 Å². The predicted octanol–water partition coefficient (Wildman–Crippen LogP) is 7.30. The zero-order valence-electron chi connectivity index (χ0n) is 17.0. The van der Waals surface area contributed by atoms with Crippen LogP contribution in [-0.2, 0) is 0 Å². The Morgan fingerprint density at radius 3 is 1.55 bits per heavy atom. The minimum absolute atomic E-state index is 0.311. The fraction of sp³-hybridized carbons (Fsp3) is 0.391. The Hall–Kier alpha value is -1.38. The predicted molar refractivity (Wildman–Crippen MR) is 116 cm³/mol. The van der Waals surface area contributed by atoms with Crippen LogP contribution in [0.15, 0.2) is 71.3 Å². The van der Waals surface area contributed by atoms with Gasteiger partial charge in [-0.05, 0) is 42.7 Å². The molecule has 31 heavy (non-hydrogen) atoms. The molecule has 0 bridgehead atoms. The second kappa shape index (κ2) is 7.89. The molecule has 0 amide bonds. The highest BCUT2D eigenvalue weighted by molar-refractivity contribution is 7.78. The van der Waals surface area contributed by atoms with Crippen molar-refractivity contribution in [2.45, 2.75) is 55.8 Å². The first-order chi connectivity index (χ1) is 14.5. The Morgan fingerprint density at radius 2 is 1.13 bits per heavy atom. The van der Waals surface area contributed by atoms with Crippen LogP contribution >= 0.6 is 15.8 Å². The van der Waals surface area contributed by atoms with E-state index in [-0.39, 0.29) is 11.3 Å². The van der Waals surface area contributed by atoms with E-state index in [9.17, 15) is 8.78 Å².